The molecule has 0 bridgehead atoms. The minimum atomic E-state index is -1.59. The van der Waals surface area contributed by atoms with Gasteiger partial charge in [0.05, 0.1) is 0 Å². The summed E-state index contributed by atoms with van der Waals surface area (Å²) in [7, 11) is -1.59. The molecule has 0 N–H and O–H groups in total. The third-order valence-corrected chi connectivity index (χ3v) is 10.2. The number of hydrogen-bond acceptors (Lipinski definition) is 1. The third kappa shape index (κ3) is 1.87. The number of amides is 1. The zero-order valence-electron chi connectivity index (χ0n) is 9.72. The molecule has 1 aliphatic rings. The van der Waals surface area contributed by atoms with Gasteiger partial charge in [-0.3, -0.25) is 4.79 Å². The molecule has 0 unspecified atom stereocenters. The monoisotopic (exact) mass is 325 g/mol. The molecule has 1 aliphatic heterocycles. The van der Waals surface area contributed by atoms with Crippen molar-refractivity contribution in [1.82, 2.24) is 4.57 Å². The summed E-state index contributed by atoms with van der Waals surface area (Å²) < 4.78 is 3.29. The van der Waals surface area contributed by atoms with Crippen molar-refractivity contribution < 1.29 is 4.79 Å². The van der Waals surface area contributed by atoms with Crippen LogP contribution in [0.4, 0.5) is 0 Å². The van der Waals surface area contributed by atoms with Gasteiger partial charge in [-0.05, 0) is 5.04 Å². The Labute approximate surface area is 102 Å². The number of nitrogens with zero attached hydrogens (tertiary/aromatic N) is 1. The van der Waals surface area contributed by atoms with Gasteiger partial charge in [0.2, 0.25) is 5.91 Å². The molecule has 14 heavy (non-hydrogen) atoms. The molecule has 0 radical (unpaired) electrons. The van der Waals surface area contributed by atoms with E-state index in [9.17, 15) is 4.79 Å². The molecule has 0 aliphatic carbocycles. The Morgan fingerprint density at radius 3 is 2.29 bits per heavy atom. The van der Waals surface area contributed by atoms with Crippen molar-refractivity contribution in [2.45, 2.75) is 51.4 Å². The summed E-state index contributed by atoms with van der Waals surface area (Å²) in [6, 6.07) is 0.518. The van der Waals surface area contributed by atoms with Gasteiger partial charge >= 0.3 is 0 Å². The van der Waals surface area contributed by atoms with Crippen LogP contribution in [0, 0.1) is 0 Å². The largest absolute Gasteiger partial charge is 0.365 e. The summed E-state index contributed by atoms with van der Waals surface area (Å²) in [6.07, 6.45) is 0.773. The highest BCUT2D eigenvalue weighted by molar-refractivity contribution is 14.1. The zero-order valence-corrected chi connectivity index (χ0v) is 12.9. The lowest BCUT2D eigenvalue weighted by Gasteiger charge is -2.54. The molecule has 0 aromatic heterocycles. The van der Waals surface area contributed by atoms with Crippen LogP contribution in [-0.2, 0) is 4.79 Å². The van der Waals surface area contributed by atoms with E-state index in [0.717, 1.165) is 10.8 Å². The second kappa shape index (κ2) is 3.77. The lowest BCUT2D eigenvalue weighted by Crippen LogP contribution is -2.68. The Hall–Kier alpha value is 0.417. The fraction of sp³-hybridized carbons (Fsp3) is 0.900. The smallest absolute Gasteiger partial charge is 0.217 e. The van der Waals surface area contributed by atoms with E-state index in [1.54, 1.807) is 0 Å². The number of halogens is 1. The Morgan fingerprint density at radius 1 is 1.50 bits per heavy atom. The molecule has 2 nitrogen and oxygen atoms in total. The SMILES string of the molecule is CC(C)(C)[Si](C)(C)N1C(=O)C[C@H]1CI. The molecule has 1 rings (SSSR count). The maximum absolute atomic E-state index is 11.7. The molecule has 1 saturated heterocycles. The molecule has 1 amide bonds. The van der Waals surface area contributed by atoms with Crippen molar-refractivity contribution in [2.24, 2.45) is 0 Å². The summed E-state index contributed by atoms with van der Waals surface area (Å²) in [5.74, 6) is 0.373. The van der Waals surface area contributed by atoms with Gasteiger partial charge in [-0.25, -0.2) is 0 Å². The molecule has 0 saturated carbocycles. The maximum atomic E-state index is 11.7. The van der Waals surface area contributed by atoms with E-state index in [1.165, 1.54) is 0 Å². The minimum absolute atomic E-state index is 0.271. The van der Waals surface area contributed by atoms with E-state index in [2.05, 4.69) is 61.0 Å². The van der Waals surface area contributed by atoms with Gasteiger partial charge in [-0.2, -0.15) is 0 Å². The molecule has 1 fully saturated rings. The Balaban J connectivity index is 2.86. The van der Waals surface area contributed by atoms with Crippen LogP contribution in [0.5, 0.6) is 0 Å². The minimum Gasteiger partial charge on any atom is -0.365 e. The van der Waals surface area contributed by atoms with Crippen molar-refractivity contribution in [3.8, 4) is 0 Å². The molecule has 82 valence electrons. The van der Waals surface area contributed by atoms with E-state index >= 15 is 0 Å². The van der Waals surface area contributed by atoms with Gasteiger partial charge in [-0.15, -0.1) is 0 Å². The highest BCUT2D eigenvalue weighted by atomic mass is 127. The van der Waals surface area contributed by atoms with Crippen molar-refractivity contribution in [3.63, 3.8) is 0 Å². The first-order chi connectivity index (χ1) is 6.21. The van der Waals surface area contributed by atoms with Gasteiger partial charge in [0.25, 0.3) is 0 Å². The van der Waals surface area contributed by atoms with Crippen LogP contribution in [0.2, 0.25) is 18.1 Å². The normalized spacial score (nSPS) is 23.7. The molecule has 0 spiro atoms. The topological polar surface area (TPSA) is 20.3 Å². The van der Waals surface area contributed by atoms with Gasteiger partial charge in [-0.1, -0.05) is 56.5 Å². The lowest BCUT2D eigenvalue weighted by molar-refractivity contribution is -0.137. The van der Waals surface area contributed by atoms with Gasteiger partial charge in [0.15, 0.2) is 8.24 Å². The first-order valence-corrected chi connectivity index (χ1v) is 9.57. The van der Waals surface area contributed by atoms with Gasteiger partial charge < -0.3 is 4.57 Å². The number of rotatable bonds is 2. The Kier molecular flexibility index (Phi) is 3.36. The number of carbonyl (C=O) groups excluding carboxylic acids is 1. The predicted octanol–water partition coefficient (Wildman–Crippen LogP) is 3.03. The van der Waals surface area contributed by atoms with Crippen LogP contribution in [-0.4, -0.2) is 29.2 Å². The van der Waals surface area contributed by atoms with E-state index in [1.807, 2.05) is 0 Å². The first-order valence-electron chi connectivity index (χ1n) is 5.10. The predicted molar refractivity (Wildman–Crippen MR) is 71.3 cm³/mol. The molecular formula is C10H20INOSi. The van der Waals surface area contributed by atoms with Gasteiger partial charge in [0.1, 0.15) is 0 Å². The standard InChI is InChI=1S/C10H20INOSi/c1-10(2,3)14(4,5)12-8(7-11)6-9(12)13/h8H,6-7H2,1-5H3/t8-/m0/s1. The first kappa shape index (κ1) is 12.5. The molecule has 0 aromatic carbocycles. The maximum Gasteiger partial charge on any atom is 0.217 e. The number of hydrogen-bond donors (Lipinski definition) is 0. The number of β-lactam (4-membered cyclic amide) rings is 1. The lowest BCUT2D eigenvalue weighted by atomic mass is 10.1. The average molecular weight is 325 g/mol. The van der Waals surface area contributed by atoms with E-state index in [-0.39, 0.29) is 5.04 Å². The van der Waals surface area contributed by atoms with E-state index in [0.29, 0.717) is 11.9 Å². The zero-order chi connectivity index (χ0) is 11.1. The van der Waals surface area contributed by atoms with Crippen molar-refractivity contribution in [3.05, 3.63) is 0 Å². The summed E-state index contributed by atoms with van der Waals surface area (Å²) in [4.78, 5) is 11.7. The fourth-order valence-corrected chi connectivity index (χ4v) is 5.35. The summed E-state index contributed by atoms with van der Waals surface area (Å²) in [6.45, 7) is 11.4. The highest BCUT2D eigenvalue weighted by Crippen LogP contribution is 2.43. The van der Waals surface area contributed by atoms with Crippen molar-refractivity contribution in [2.75, 3.05) is 4.43 Å². The quantitative estimate of drug-likeness (QED) is 0.331. The summed E-state index contributed by atoms with van der Waals surface area (Å²) in [5.41, 5.74) is 0. The Morgan fingerprint density at radius 2 is 2.00 bits per heavy atom. The summed E-state index contributed by atoms with van der Waals surface area (Å²) >= 11 is 2.39. The van der Waals surface area contributed by atoms with E-state index in [4.69, 9.17) is 0 Å². The summed E-state index contributed by atoms with van der Waals surface area (Å²) in [5, 5.41) is 0.271. The second-order valence-corrected chi connectivity index (χ2v) is 11.6. The van der Waals surface area contributed by atoms with Crippen LogP contribution in [0.1, 0.15) is 27.2 Å². The van der Waals surface area contributed by atoms with Crippen LogP contribution >= 0.6 is 22.6 Å². The molecule has 1 atom stereocenters. The average Bonchev–Trinajstić information content (AvgIpc) is 1.96. The second-order valence-electron chi connectivity index (χ2n) is 5.59. The van der Waals surface area contributed by atoms with Gasteiger partial charge in [0, 0.05) is 16.9 Å². The van der Waals surface area contributed by atoms with Crippen molar-refractivity contribution in [1.29, 1.82) is 0 Å². The Bertz CT molecular complexity index is 247. The number of alkyl halides is 1. The third-order valence-electron chi connectivity index (χ3n) is 3.66. The fourth-order valence-electron chi connectivity index (χ4n) is 1.74. The molecule has 1 heterocycles. The highest BCUT2D eigenvalue weighted by Gasteiger charge is 2.51. The number of carbonyl (C=O) groups is 1. The molecule has 4 heteroatoms. The van der Waals surface area contributed by atoms with E-state index < -0.39 is 8.24 Å². The van der Waals surface area contributed by atoms with Crippen LogP contribution in [0.15, 0.2) is 0 Å². The van der Waals surface area contributed by atoms with Crippen molar-refractivity contribution >= 4 is 36.7 Å². The van der Waals surface area contributed by atoms with Crippen LogP contribution < -0.4 is 0 Å². The molecule has 0 aromatic rings. The molecular weight excluding hydrogens is 305 g/mol. The van der Waals surface area contributed by atoms with Crippen LogP contribution in [0.3, 0.4) is 0 Å². The van der Waals surface area contributed by atoms with Crippen LogP contribution in [0.25, 0.3) is 0 Å².